The number of aryl methyl sites for hydroxylation is 1. The van der Waals surface area contributed by atoms with Crippen LogP contribution in [0.4, 0.5) is 16.3 Å². The predicted octanol–water partition coefficient (Wildman–Crippen LogP) is 7.73. The fraction of sp³-hybridized carbons (Fsp3) is 0.615. The topological polar surface area (TPSA) is 107 Å². The van der Waals surface area contributed by atoms with E-state index < -0.39 is 5.60 Å². The zero-order valence-corrected chi connectivity index (χ0v) is 32.4. The first kappa shape index (κ1) is 35.1. The first-order chi connectivity index (χ1) is 24.8. The van der Waals surface area contributed by atoms with Crippen molar-refractivity contribution < 1.29 is 14.3 Å². The molecule has 1 saturated carbocycles. The Kier molecular flexibility index (Phi) is 8.72. The van der Waals surface area contributed by atoms with E-state index in [2.05, 4.69) is 63.1 Å². The lowest BCUT2D eigenvalue weighted by Gasteiger charge is -2.58. The number of hydrogen-bond acceptors (Lipinski definition) is 9. The van der Waals surface area contributed by atoms with Crippen LogP contribution in [0.15, 0.2) is 30.7 Å². The molecule has 0 N–H and O–H groups in total. The number of carbonyl (C=O) groups is 1. The Balaban J connectivity index is 1.19. The van der Waals surface area contributed by atoms with Crippen LogP contribution in [-0.2, 0) is 9.47 Å². The molecule has 4 aromatic rings. The van der Waals surface area contributed by atoms with Crippen molar-refractivity contribution in [3.8, 4) is 11.1 Å². The Morgan fingerprint density at radius 3 is 2.52 bits per heavy atom. The highest BCUT2D eigenvalue weighted by Crippen LogP contribution is 2.56. The van der Waals surface area contributed by atoms with Gasteiger partial charge in [-0.25, -0.2) is 9.48 Å². The zero-order valence-electron chi connectivity index (χ0n) is 31.7. The summed E-state index contributed by atoms with van der Waals surface area (Å²) in [5.74, 6) is 0.967. The molecule has 1 unspecified atom stereocenters. The molecule has 0 radical (unpaired) electrons. The number of halogens is 1. The number of ether oxygens (including phenoxy) is 2. The van der Waals surface area contributed by atoms with Gasteiger partial charge in [-0.15, -0.1) is 0 Å². The average Bonchev–Trinajstić information content (AvgIpc) is 3.64. The maximum Gasteiger partial charge on any atom is 0.410 e. The SMILES string of the molecule is CC[C@@]1(C)CN(c2ccnnc2)CCN1c1nn(C2CC3(C2)CN(C(=O)OC(C)(C)C)C3)c(C)c1-c1c(Cl)c(C)cc2c1cnn2C1CCCCO1. The summed E-state index contributed by atoms with van der Waals surface area (Å²) in [6.45, 7) is 19.3. The third-order valence-electron chi connectivity index (χ3n) is 11.9. The average molecular weight is 730 g/mol. The van der Waals surface area contributed by atoms with Crippen molar-refractivity contribution in [1.82, 2.24) is 34.7 Å². The molecular formula is C39H52ClN9O3. The Bertz CT molecular complexity index is 1970. The zero-order chi connectivity index (χ0) is 36.6. The number of likely N-dealkylation sites (tertiary alicyclic amines) is 1. The van der Waals surface area contributed by atoms with E-state index in [1.807, 2.05) is 44.1 Å². The number of nitrogens with zero attached hydrogens (tertiary/aromatic N) is 9. The minimum absolute atomic E-state index is 0.0870. The molecule has 0 bridgehead atoms. The van der Waals surface area contributed by atoms with E-state index in [0.29, 0.717) is 0 Å². The molecular weight excluding hydrogens is 678 g/mol. The normalized spacial score (nSPS) is 23.6. The molecule has 4 aliphatic rings. The Hall–Kier alpha value is -3.90. The number of piperazine rings is 1. The molecule has 52 heavy (non-hydrogen) atoms. The van der Waals surface area contributed by atoms with Gasteiger partial charge in [-0.1, -0.05) is 18.5 Å². The molecule has 3 aliphatic heterocycles. The number of amides is 1. The fourth-order valence-corrected chi connectivity index (χ4v) is 9.29. The molecule has 1 aromatic carbocycles. The van der Waals surface area contributed by atoms with Crippen LogP contribution in [0.1, 0.15) is 96.7 Å². The summed E-state index contributed by atoms with van der Waals surface area (Å²) >= 11 is 7.40. The van der Waals surface area contributed by atoms with Crippen LogP contribution in [0, 0.1) is 19.3 Å². The van der Waals surface area contributed by atoms with Crippen molar-refractivity contribution in [2.75, 3.05) is 49.1 Å². The number of carbonyl (C=O) groups excluding carboxylic acids is 1. The maximum absolute atomic E-state index is 12.8. The number of rotatable bonds is 6. The van der Waals surface area contributed by atoms with Gasteiger partial charge in [0, 0.05) is 67.0 Å². The van der Waals surface area contributed by atoms with Crippen molar-refractivity contribution in [3.05, 3.63) is 47.0 Å². The first-order valence-electron chi connectivity index (χ1n) is 18.9. The van der Waals surface area contributed by atoms with Crippen LogP contribution >= 0.6 is 11.6 Å². The van der Waals surface area contributed by atoms with Gasteiger partial charge < -0.3 is 24.2 Å². The Labute approximate surface area is 311 Å². The van der Waals surface area contributed by atoms with E-state index in [1.165, 1.54) is 0 Å². The minimum atomic E-state index is -0.503. The largest absolute Gasteiger partial charge is 0.444 e. The van der Waals surface area contributed by atoms with Gasteiger partial charge in [-0.3, -0.25) is 4.68 Å². The summed E-state index contributed by atoms with van der Waals surface area (Å²) in [4.78, 5) is 19.5. The van der Waals surface area contributed by atoms with Gasteiger partial charge in [0.1, 0.15) is 5.60 Å². The summed E-state index contributed by atoms with van der Waals surface area (Å²) in [6.07, 6.45) is 11.3. The molecule has 13 heteroatoms. The predicted molar refractivity (Wildman–Crippen MR) is 203 cm³/mol. The van der Waals surface area contributed by atoms with Crippen LogP contribution in [0.5, 0.6) is 0 Å². The van der Waals surface area contributed by atoms with Gasteiger partial charge in [-0.2, -0.15) is 20.4 Å². The third kappa shape index (κ3) is 5.99. The lowest BCUT2D eigenvalue weighted by molar-refractivity contribution is -0.0930. The monoisotopic (exact) mass is 729 g/mol. The standard InChI is InChI=1S/C39H52ClN9O3/c1-8-38(7)22-45(27-12-13-41-42-20-27)14-15-47(38)35-32(33-29-21-43-49(31-11-9-10-16-51-31)30(29)17-25(2)34(33)40)26(3)48(44-35)28-18-39(19-28)23-46(24-39)36(50)52-37(4,5)6/h12-13,17,20-21,28,31H,8-11,14-16,18-19,22-24H2,1-7H3/t31?,38-/m0/s1. The molecule has 1 amide bonds. The highest BCUT2D eigenvalue weighted by molar-refractivity contribution is 6.36. The van der Waals surface area contributed by atoms with Gasteiger partial charge in [0.05, 0.1) is 46.4 Å². The summed E-state index contributed by atoms with van der Waals surface area (Å²) in [5.41, 5.74) is 5.68. The summed E-state index contributed by atoms with van der Waals surface area (Å²) < 4.78 is 16.2. The van der Waals surface area contributed by atoms with E-state index in [1.54, 1.807) is 6.20 Å². The van der Waals surface area contributed by atoms with Gasteiger partial charge in [0.2, 0.25) is 0 Å². The van der Waals surface area contributed by atoms with Crippen molar-refractivity contribution in [1.29, 1.82) is 0 Å². The number of aromatic nitrogens is 6. The maximum atomic E-state index is 12.8. The van der Waals surface area contributed by atoms with E-state index >= 15 is 0 Å². The van der Waals surface area contributed by atoms with E-state index in [-0.39, 0.29) is 29.3 Å². The molecule has 8 rings (SSSR count). The smallest absolute Gasteiger partial charge is 0.410 e. The number of benzene rings is 1. The minimum Gasteiger partial charge on any atom is -0.444 e. The molecule has 3 aromatic heterocycles. The molecule has 1 aliphatic carbocycles. The number of hydrogen-bond donors (Lipinski definition) is 0. The second-order valence-corrected chi connectivity index (χ2v) is 17.3. The summed E-state index contributed by atoms with van der Waals surface area (Å²) in [7, 11) is 0. The fourth-order valence-electron chi connectivity index (χ4n) is 9.03. The Morgan fingerprint density at radius 2 is 1.85 bits per heavy atom. The highest BCUT2D eigenvalue weighted by atomic mass is 35.5. The van der Waals surface area contributed by atoms with Crippen molar-refractivity contribution >= 4 is 40.1 Å². The second kappa shape index (κ2) is 12.9. The van der Waals surface area contributed by atoms with Gasteiger partial charge in [0.25, 0.3) is 0 Å². The summed E-state index contributed by atoms with van der Waals surface area (Å²) in [5, 5.41) is 20.4. The molecule has 2 atom stereocenters. The molecule has 12 nitrogen and oxygen atoms in total. The van der Waals surface area contributed by atoms with E-state index in [9.17, 15) is 4.79 Å². The molecule has 1 spiro atoms. The van der Waals surface area contributed by atoms with Crippen LogP contribution in [0.25, 0.3) is 22.0 Å². The number of fused-ring (bicyclic) bond motifs is 1. The lowest BCUT2D eigenvalue weighted by atomic mass is 9.61. The van der Waals surface area contributed by atoms with Gasteiger partial charge >= 0.3 is 6.09 Å². The molecule has 278 valence electrons. The Morgan fingerprint density at radius 1 is 1.06 bits per heavy atom. The van der Waals surface area contributed by atoms with Crippen molar-refractivity contribution in [3.63, 3.8) is 0 Å². The second-order valence-electron chi connectivity index (χ2n) is 16.9. The molecule has 3 saturated heterocycles. The summed E-state index contributed by atoms with van der Waals surface area (Å²) in [6, 6.07) is 4.42. The van der Waals surface area contributed by atoms with E-state index in [4.69, 9.17) is 31.3 Å². The quantitative estimate of drug-likeness (QED) is 0.197. The van der Waals surface area contributed by atoms with Crippen LogP contribution in [0.3, 0.4) is 0 Å². The van der Waals surface area contributed by atoms with Crippen LogP contribution < -0.4 is 9.80 Å². The van der Waals surface area contributed by atoms with Crippen molar-refractivity contribution in [2.45, 2.75) is 110 Å². The lowest BCUT2D eigenvalue weighted by Crippen LogP contribution is -2.64. The van der Waals surface area contributed by atoms with Crippen LogP contribution in [-0.4, -0.2) is 91.2 Å². The van der Waals surface area contributed by atoms with Crippen LogP contribution in [0.2, 0.25) is 5.02 Å². The highest BCUT2D eigenvalue weighted by Gasteiger charge is 2.56. The first-order valence-corrected chi connectivity index (χ1v) is 19.3. The number of anilines is 2. The molecule has 6 heterocycles. The van der Waals surface area contributed by atoms with E-state index in [0.717, 1.165) is 128 Å². The van der Waals surface area contributed by atoms with Crippen molar-refractivity contribution in [2.24, 2.45) is 5.41 Å². The van der Waals surface area contributed by atoms with Gasteiger partial charge in [-0.05, 0) is 97.8 Å². The molecule has 4 fully saturated rings. The van der Waals surface area contributed by atoms with Gasteiger partial charge in [0.15, 0.2) is 12.0 Å². The third-order valence-corrected chi connectivity index (χ3v) is 12.4.